The number of aromatic nitrogens is 2. The molecule has 2 aromatic carbocycles. The Morgan fingerprint density at radius 2 is 1.57 bits per heavy atom. The Labute approximate surface area is 165 Å². The number of anilines is 3. The van der Waals surface area contributed by atoms with Crippen LogP contribution in [0.25, 0.3) is 0 Å². The number of carbonyl (C=O) groups excluding carboxylic acids is 1. The van der Waals surface area contributed by atoms with E-state index in [9.17, 15) is 4.79 Å². The van der Waals surface area contributed by atoms with Crippen LogP contribution in [0.5, 0.6) is 0 Å². The molecule has 0 N–H and O–H groups in total. The van der Waals surface area contributed by atoms with Crippen LogP contribution in [0.3, 0.4) is 0 Å². The van der Waals surface area contributed by atoms with Crippen molar-refractivity contribution in [1.82, 2.24) is 14.9 Å². The Kier molecular flexibility index (Phi) is 5.47. The summed E-state index contributed by atoms with van der Waals surface area (Å²) in [4.78, 5) is 26.2. The van der Waals surface area contributed by atoms with Crippen molar-refractivity contribution in [3.05, 3.63) is 78.6 Å². The van der Waals surface area contributed by atoms with Gasteiger partial charge in [0, 0.05) is 44.5 Å². The number of hydrogen-bond donors (Lipinski definition) is 0. The quantitative estimate of drug-likeness (QED) is 0.622. The van der Waals surface area contributed by atoms with Gasteiger partial charge in [0.15, 0.2) is 0 Å². The molecule has 0 aliphatic carbocycles. The molecule has 4 rings (SSSR count). The molecular formula is C22H23N5O. The van der Waals surface area contributed by atoms with Gasteiger partial charge in [-0.2, -0.15) is 0 Å². The molecule has 28 heavy (non-hydrogen) atoms. The van der Waals surface area contributed by atoms with Crippen LogP contribution in [-0.2, 0) is 11.3 Å². The van der Waals surface area contributed by atoms with E-state index in [1.807, 2.05) is 30.3 Å². The Balaban J connectivity index is 1.62. The van der Waals surface area contributed by atoms with Crippen molar-refractivity contribution in [2.75, 3.05) is 36.0 Å². The minimum Gasteiger partial charge on any atom is -0.353 e. The van der Waals surface area contributed by atoms with E-state index >= 15 is 0 Å². The number of carbonyl (C=O) groups is 1. The van der Waals surface area contributed by atoms with Crippen molar-refractivity contribution < 1.29 is 4.79 Å². The molecule has 0 spiro atoms. The van der Waals surface area contributed by atoms with Crippen LogP contribution in [0.2, 0.25) is 0 Å². The van der Waals surface area contributed by atoms with Crippen molar-refractivity contribution >= 4 is 23.7 Å². The molecule has 1 amide bonds. The number of nitrogens with zero attached hydrogens (tertiary/aromatic N) is 5. The van der Waals surface area contributed by atoms with E-state index in [4.69, 9.17) is 0 Å². The largest absolute Gasteiger partial charge is 0.353 e. The summed E-state index contributed by atoms with van der Waals surface area (Å²) in [6, 6.07) is 22.7. The monoisotopic (exact) mass is 373 g/mol. The number of hydrogen-bond acceptors (Lipinski definition) is 5. The van der Waals surface area contributed by atoms with Crippen LogP contribution >= 0.6 is 0 Å². The van der Waals surface area contributed by atoms with E-state index in [0.717, 1.165) is 56.5 Å². The van der Waals surface area contributed by atoms with Gasteiger partial charge in [0.1, 0.15) is 18.0 Å². The van der Waals surface area contributed by atoms with E-state index in [-0.39, 0.29) is 0 Å². The van der Waals surface area contributed by atoms with Gasteiger partial charge in [0.2, 0.25) is 6.41 Å². The van der Waals surface area contributed by atoms with Crippen molar-refractivity contribution in [1.29, 1.82) is 0 Å². The maximum Gasteiger partial charge on any atom is 0.209 e. The molecule has 6 nitrogen and oxygen atoms in total. The molecule has 0 bridgehead atoms. The summed E-state index contributed by atoms with van der Waals surface area (Å²) in [7, 11) is 0. The Morgan fingerprint density at radius 3 is 2.25 bits per heavy atom. The van der Waals surface area contributed by atoms with E-state index in [0.29, 0.717) is 0 Å². The topological polar surface area (TPSA) is 52.6 Å². The zero-order valence-corrected chi connectivity index (χ0v) is 15.7. The van der Waals surface area contributed by atoms with E-state index in [1.165, 1.54) is 5.56 Å². The van der Waals surface area contributed by atoms with Gasteiger partial charge >= 0.3 is 0 Å². The molecule has 0 atom stereocenters. The first-order valence-corrected chi connectivity index (χ1v) is 9.46. The highest BCUT2D eigenvalue weighted by Crippen LogP contribution is 2.28. The van der Waals surface area contributed by atoms with Crippen LogP contribution in [-0.4, -0.2) is 47.5 Å². The molecule has 0 saturated carbocycles. The Morgan fingerprint density at radius 1 is 0.893 bits per heavy atom. The number of piperazine rings is 1. The molecule has 2 heterocycles. The summed E-state index contributed by atoms with van der Waals surface area (Å²) >= 11 is 0. The molecule has 142 valence electrons. The Hall–Kier alpha value is -3.41. The molecule has 0 radical (unpaired) electrons. The first-order chi connectivity index (χ1) is 13.8. The predicted molar refractivity (Wildman–Crippen MR) is 111 cm³/mol. The van der Waals surface area contributed by atoms with Gasteiger partial charge in [0.05, 0.1) is 0 Å². The second-order valence-corrected chi connectivity index (χ2v) is 6.77. The third-order valence-corrected chi connectivity index (χ3v) is 4.95. The maximum atomic E-state index is 11.0. The predicted octanol–water partition coefficient (Wildman–Crippen LogP) is 3.09. The molecule has 6 heteroatoms. The smallest absolute Gasteiger partial charge is 0.209 e. The lowest BCUT2D eigenvalue weighted by Crippen LogP contribution is -2.46. The van der Waals surface area contributed by atoms with Gasteiger partial charge in [0.25, 0.3) is 0 Å². The summed E-state index contributed by atoms with van der Waals surface area (Å²) < 4.78 is 0. The van der Waals surface area contributed by atoms with E-state index < -0.39 is 0 Å². The van der Waals surface area contributed by atoms with E-state index in [2.05, 4.69) is 56.2 Å². The summed E-state index contributed by atoms with van der Waals surface area (Å²) in [6.07, 6.45) is 2.54. The zero-order valence-electron chi connectivity index (χ0n) is 15.7. The number of rotatable bonds is 6. The second-order valence-electron chi connectivity index (χ2n) is 6.77. The molecule has 1 saturated heterocycles. The fraction of sp³-hybridized carbons (Fsp3) is 0.227. The lowest BCUT2D eigenvalue weighted by Gasteiger charge is -2.33. The molecule has 1 fully saturated rings. The van der Waals surface area contributed by atoms with Gasteiger partial charge in [-0.1, -0.05) is 48.5 Å². The minimum atomic E-state index is 0.718. The number of benzene rings is 2. The molecular weight excluding hydrogens is 350 g/mol. The average molecular weight is 373 g/mol. The Bertz CT molecular complexity index is 895. The van der Waals surface area contributed by atoms with Crippen molar-refractivity contribution in [2.24, 2.45) is 0 Å². The van der Waals surface area contributed by atoms with Crippen molar-refractivity contribution in [3.63, 3.8) is 0 Å². The maximum absolute atomic E-state index is 11.0. The average Bonchev–Trinajstić information content (AvgIpc) is 2.79. The van der Waals surface area contributed by atoms with Gasteiger partial charge in [-0.3, -0.25) is 4.79 Å². The highest BCUT2D eigenvalue weighted by molar-refractivity contribution is 5.63. The van der Waals surface area contributed by atoms with E-state index in [1.54, 1.807) is 11.2 Å². The highest BCUT2D eigenvalue weighted by Gasteiger charge is 2.19. The van der Waals surface area contributed by atoms with Gasteiger partial charge in [-0.25, -0.2) is 9.97 Å². The van der Waals surface area contributed by atoms with Crippen molar-refractivity contribution in [2.45, 2.75) is 6.54 Å². The fourth-order valence-corrected chi connectivity index (χ4v) is 3.39. The lowest BCUT2D eigenvalue weighted by molar-refractivity contribution is -0.118. The van der Waals surface area contributed by atoms with Crippen LogP contribution < -0.4 is 9.80 Å². The van der Waals surface area contributed by atoms with Crippen LogP contribution in [0.1, 0.15) is 5.56 Å². The molecule has 1 aromatic heterocycles. The highest BCUT2D eigenvalue weighted by atomic mass is 16.1. The zero-order chi connectivity index (χ0) is 19.2. The molecule has 3 aromatic rings. The molecule has 0 unspecified atom stereocenters. The van der Waals surface area contributed by atoms with Gasteiger partial charge < -0.3 is 14.7 Å². The second kappa shape index (κ2) is 8.52. The van der Waals surface area contributed by atoms with Gasteiger partial charge in [-0.05, 0) is 17.7 Å². The standard InChI is InChI=1S/C22H23N5O/c28-18-25-11-13-26(14-12-25)21-15-22(24-17-23-21)27(20-9-5-2-6-10-20)16-19-7-3-1-4-8-19/h1-10,15,17-18H,11-14,16H2. The normalized spacial score (nSPS) is 14.0. The third kappa shape index (κ3) is 4.11. The summed E-state index contributed by atoms with van der Waals surface area (Å²) in [6.45, 7) is 3.71. The molecule has 1 aliphatic heterocycles. The summed E-state index contributed by atoms with van der Waals surface area (Å²) in [5.41, 5.74) is 2.30. The first-order valence-electron chi connectivity index (χ1n) is 9.46. The minimum absolute atomic E-state index is 0.718. The summed E-state index contributed by atoms with van der Waals surface area (Å²) in [5, 5.41) is 0. The first kappa shape index (κ1) is 18.0. The van der Waals surface area contributed by atoms with Crippen molar-refractivity contribution in [3.8, 4) is 0 Å². The fourth-order valence-electron chi connectivity index (χ4n) is 3.39. The van der Waals surface area contributed by atoms with Gasteiger partial charge in [-0.15, -0.1) is 0 Å². The lowest BCUT2D eigenvalue weighted by atomic mass is 10.2. The third-order valence-electron chi connectivity index (χ3n) is 4.95. The summed E-state index contributed by atoms with van der Waals surface area (Å²) in [5.74, 6) is 1.75. The van der Waals surface area contributed by atoms with Crippen LogP contribution in [0.15, 0.2) is 73.1 Å². The SMILES string of the molecule is O=CN1CCN(c2cc(N(Cc3ccccc3)c3ccccc3)ncn2)CC1. The van der Waals surface area contributed by atoms with Crippen LogP contribution in [0, 0.1) is 0 Å². The molecule has 1 aliphatic rings. The van der Waals surface area contributed by atoms with Crippen LogP contribution in [0.4, 0.5) is 17.3 Å². The number of para-hydroxylation sites is 1. The number of amides is 1.